The first kappa shape index (κ1) is 14.3. The van der Waals surface area contributed by atoms with E-state index in [0.717, 1.165) is 18.1 Å². The molecule has 7 heteroatoms. The molecule has 0 aromatic rings. The van der Waals surface area contributed by atoms with Gasteiger partial charge in [0, 0.05) is 18.2 Å². The van der Waals surface area contributed by atoms with Crippen molar-refractivity contribution < 1.29 is 14.7 Å². The van der Waals surface area contributed by atoms with Crippen molar-refractivity contribution in [3.63, 3.8) is 0 Å². The number of carbonyl (C=O) groups excluding carboxylic acids is 1. The van der Waals surface area contributed by atoms with Gasteiger partial charge in [0.15, 0.2) is 0 Å². The molecule has 0 unspecified atom stereocenters. The van der Waals surface area contributed by atoms with Crippen molar-refractivity contribution >= 4 is 23.6 Å². The van der Waals surface area contributed by atoms with Crippen LogP contribution in [0.5, 0.6) is 0 Å². The maximum absolute atomic E-state index is 11.5. The van der Waals surface area contributed by atoms with Gasteiger partial charge in [0.1, 0.15) is 6.04 Å². The highest BCUT2D eigenvalue weighted by Gasteiger charge is 2.21. The maximum atomic E-state index is 11.5. The number of carbonyl (C=O) groups is 2. The summed E-state index contributed by atoms with van der Waals surface area (Å²) in [5.41, 5.74) is 5.36. The van der Waals surface area contributed by atoms with Crippen molar-refractivity contribution in [2.24, 2.45) is 5.73 Å². The molecule has 0 aromatic carbocycles. The molecule has 1 aliphatic rings. The van der Waals surface area contributed by atoms with Crippen LogP contribution in [-0.2, 0) is 9.59 Å². The first-order valence-electron chi connectivity index (χ1n) is 5.68. The highest BCUT2D eigenvalue weighted by atomic mass is 32.2. The Morgan fingerprint density at radius 1 is 1.53 bits per heavy atom. The van der Waals surface area contributed by atoms with E-state index in [1.165, 1.54) is 0 Å². The molecule has 98 valence electrons. The van der Waals surface area contributed by atoms with Crippen LogP contribution in [0.1, 0.15) is 19.3 Å². The minimum atomic E-state index is -0.971. The lowest BCUT2D eigenvalue weighted by atomic mass is 10.1. The van der Waals surface area contributed by atoms with Crippen LogP contribution in [0.15, 0.2) is 0 Å². The third kappa shape index (κ3) is 5.38. The van der Waals surface area contributed by atoms with Gasteiger partial charge in [0.2, 0.25) is 5.91 Å². The fraction of sp³-hybridized carbons (Fsp3) is 0.800. The summed E-state index contributed by atoms with van der Waals surface area (Å²) >= 11 is 1.71. The number of nitrogens with two attached hydrogens (primary N) is 1. The predicted octanol–water partition coefficient (Wildman–Crippen LogP) is -0.653. The maximum Gasteiger partial charge on any atom is 0.320 e. The van der Waals surface area contributed by atoms with Gasteiger partial charge in [0.05, 0.1) is 6.04 Å². The van der Waals surface area contributed by atoms with Gasteiger partial charge in [-0.15, -0.1) is 11.8 Å². The summed E-state index contributed by atoms with van der Waals surface area (Å²) in [5.74, 6) is 0.695. The summed E-state index contributed by atoms with van der Waals surface area (Å²) in [4.78, 5) is 22.0. The average Bonchev–Trinajstić information content (AvgIpc) is 2.81. The highest BCUT2D eigenvalue weighted by molar-refractivity contribution is 7.99. The van der Waals surface area contributed by atoms with Gasteiger partial charge < -0.3 is 16.2 Å². The van der Waals surface area contributed by atoms with Crippen LogP contribution < -0.4 is 16.4 Å². The van der Waals surface area contributed by atoms with Gasteiger partial charge in [-0.1, -0.05) is 0 Å². The molecule has 0 saturated carbocycles. The molecule has 1 amide bonds. The standard InChI is InChI=1S/C10H19N3O3S/c11-7(10(15)16)3-1-2-4-12-9(14)8-5-17-6-13-8/h7-8,13H,1-6,11H2,(H,12,14)(H,15,16)/t7-,8-/m0/s1. The van der Waals surface area contributed by atoms with E-state index in [4.69, 9.17) is 10.8 Å². The van der Waals surface area contributed by atoms with E-state index in [1.54, 1.807) is 11.8 Å². The normalized spacial score (nSPS) is 21.1. The molecule has 0 spiro atoms. The van der Waals surface area contributed by atoms with E-state index in [1.807, 2.05) is 0 Å². The van der Waals surface area contributed by atoms with Crippen molar-refractivity contribution in [2.45, 2.75) is 31.3 Å². The van der Waals surface area contributed by atoms with E-state index in [0.29, 0.717) is 19.4 Å². The Hall–Kier alpha value is -0.790. The second kappa shape index (κ2) is 7.52. The quantitative estimate of drug-likeness (QED) is 0.454. The Kier molecular flexibility index (Phi) is 6.31. The van der Waals surface area contributed by atoms with Crippen LogP contribution in [-0.4, -0.2) is 47.2 Å². The van der Waals surface area contributed by atoms with Gasteiger partial charge in [-0.05, 0) is 19.3 Å². The van der Waals surface area contributed by atoms with Gasteiger partial charge in [-0.25, -0.2) is 0 Å². The Morgan fingerprint density at radius 2 is 2.29 bits per heavy atom. The Morgan fingerprint density at radius 3 is 2.88 bits per heavy atom. The summed E-state index contributed by atoms with van der Waals surface area (Å²) in [6, 6.07) is -0.875. The molecule has 0 radical (unpaired) electrons. The van der Waals surface area contributed by atoms with E-state index in [2.05, 4.69) is 10.6 Å². The number of carboxylic acids is 1. The van der Waals surface area contributed by atoms with Crippen LogP contribution in [0.2, 0.25) is 0 Å². The third-order valence-electron chi connectivity index (χ3n) is 2.59. The molecular formula is C10H19N3O3S. The summed E-state index contributed by atoms with van der Waals surface area (Å²) in [6.45, 7) is 0.577. The zero-order valence-corrected chi connectivity index (χ0v) is 10.5. The number of thioether (sulfide) groups is 1. The smallest absolute Gasteiger partial charge is 0.320 e. The number of amides is 1. The lowest BCUT2D eigenvalue weighted by Gasteiger charge is -2.10. The van der Waals surface area contributed by atoms with Crippen LogP contribution in [0, 0.1) is 0 Å². The van der Waals surface area contributed by atoms with Gasteiger partial charge >= 0.3 is 5.97 Å². The summed E-state index contributed by atoms with van der Waals surface area (Å²) in [7, 11) is 0. The number of carboxylic acid groups (broad SMARTS) is 1. The molecule has 17 heavy (non-hydrogen) atoms. The van der Waals surface area contributed by atoms with Crippen LogP contribution >= 0.6 is 11.8 Å². The Labute approximate surface area is 105 Å². The number of unbranched alkanes of at least 4 members (excludes halogenated alkanes) is 1. The summed E-state index contributed by atoms with van der Waals surface area (Å²) in [6.07, 6.45) is 1.91. The van der Waals surface area contributed by atoms with E-state index in [-0.39, 0.29) is 11.9 Å². The topological polar surface area (TPSA) is 104 Å². The van der Waals surface area contributed by atoms with Crippen molar-refractivity contribution in [2.75, 3.05) is 18.2 Å². The first-order valence-corrected chi connectivity index (χ1v) is 6.84. The minimum absolute atomic E-state index is 0.0255. The van der Waals surface area contributed by atoms with Gasteiger partial charge in [0.25, 0.3) is 0 Å². The lowest BCUT2D eigenvalue weighted by Crippen LogP contribution is -2.42. The average molecular weight is 261 g/mol. The summed E-state index contributed by atoms with van der Waals surface area (Å²) < 4.78 is 0. The molecule has 1 saturated heterocycles. The molecule has 5 N–H and O–H groups in total. The van der Waals surface area contributed by atoms with Gasteiger partial charge in [-0.3, -0.25) is 14.9 Å². The number of hydrogen-bond acceptors (Lipinski definition) is 5. The second-order valence-electron chi connectivity index (χ2n) is 4.00. The number of aliphatic carboxylic acids is 1. The number of hydrogen-bond donors (Lipinski definition) is 4. The molecular weight excluding hydrogens is 242 g/mol. The molecule has 1 heterocycles. The molecule has 1 fully saturated rings. The minimum Gasteiger partial charge on any atom is -0.480 e. The molecule has 2 atom stereocenters. The summed E-state index contributed by atoms with van der Waals surface area (Å²) in [5, 5.41) is 14.5. The molecule has 1 aliphatic heterocycles. The predicted molar refractivity (Wildman–Crippen MR) is 66.7 cm³/mol. The van der Waals surface area contributed by atoms with Crippen LogP contribution in [0.25, 0.3) is 0 Å². The Bertz CT molecular complexity index is 270. The molecule has 0 bridgehead atoms. The molecule has 6 nitrogen and oxygen atoms in total. The number of rotatable bonds is 7. The fourth-order valence-electron chi connectivity index (χ4n) is 1.51. The second-order valence-corrected chi connectivity index (χ2v) is 5.03. The van der Waals surface area contributed by atoms with Crippen molar-refractivity contribution in [1.82, 2.24) is 10.6 Å². The third-order valence-corrected chi connectivity index (χ3v) is 3.53. The number of nitrogens with one attached hydrogen (secondary N) is 2. The van der Waals surface area contributed by atoms with E-state index < -0.39 is 12.0 Å². The monoisotopic (exact) mass is 261 g/mol. The van der Waals surface area contributed by atoms with Crippen LogP contribution in [0.4, 0.5) is 0 Å². The van der Waals surface area contributed by atoms with Crippen molar-refractivity contribution in [3.05, 3.63) is 0 Å². The zero-order valence-electron chi connectivity index (χ0n) is 9.65. The zero-order chi connectivity index (χ0) is 12.7. The van der Waals surface area contributed by atoms with Crippen molar-refractivity contribution in [3.8, 4) is 0 Å². The molecule has 0 aromatic heterocycles. The van der Waals surface area contributed by atoms with Crippen molar-refractivity contribution in [1.29, 1.82) is 0 Å². The fourth-order valence-corrected chi connectivity index (χ4v) is 2.45. The molecule has 1 rings (SSSR count). The highest BCUT2D eigenvalue weighted by Crippen LogP contribution is 2.09. The van der Waals surface area contributed by atoms with Crippen LogP contribution in [0.3, 0.4) is 0 Å². The van der Waals surface area contributed by atoms with E-state index in [9.17, 15) is 9.59 Å². The lowest BCUT2D eigenvalue weighted by molar-refractivity contribution is -0.138. The Balaban J connectivity index is 2.00. The largest absolute Gasteiger partial charge is 0.480 e. The van der Waals surface area contributed by atoms with Gasteiger partial charge in [-0.2, -0.15) is 0 Å². The SMILES string of the molecule is N[C@@H](CCCCNC(=O)[C@@H]1CSCN1)C(=O)O. The first-order chi connectivity index (χ1) is 8.11. The van der Waals surface area contributed by atoms with E-state index >= 15 is 0 Å². The molecule has 0 aliphatic carbocycles.